The third-order valence-corrected chi connectivity index (χ3v) is 4.23. The van der Waals surface area contributed by atoms with Crippen molar-refractivity contribution < 1.29 is 9.53 Å². The summed E-state index contributed by atoms with van der Waals surface area (Å²) in [5, 5.41) is 7.62. The van der Waals surface area contributed by atoms with Crippen molar-refractivity contribution in [1.82, 2.24) is 15.1 Å². The van der Waals surface area contributed by atoms with Crippen LogP contribution >= 0.6 is 11.6 Å². The molecule has 2 aromatic carbocycles. The van der Waals surface area contributed by atoms with Crippen molar-refractivity contribution in [3.8, 4) is 11.4 Å². The molecule has 1 amide bonds. The smallest absolute Gasteiger partial charge is 0.275 e. The number of nitrogens with one attached hydrogen (secondary N) is 1. The van der Waals surface area contributed by atoms with E-state index in [4.69, 9.17) is 16.3 Å². The van der Waals surface area contributed by atoms with Gasteiger partial charge in [-0.05, 0) is 36.8 Å². The second-order valence-electron chi connectivity index (χ2n) is 5.96. The largest absolute Gasteiger partial charge is 0.494 e. The summed E-state index contributed by atoms with van der Waals surface area (Å²) in [7, 11) is 1.39. The zero-order valence-corrected chi connectivity index (χ0v) is 15.7. The molecule has 27 heavy (non-hydrogen) atoms. The Morgan fingerprint density at radius 1 is 1.15 bits per heavy atom. The molecule has 1 N–H and O–H groups in total. The van der Waals surface area contributed by atoms with E-state index in [1.54, 1.807) is 24.3 Å². The van der Waals surface area contributed by atoms with Crippen LogP contribution in [-0.2, 0) is 6.54 Å². The van der Waals surface area contributed by atoms with Crippen molar-refractivity contribution in [1.29, 1.82) is 0 Å². The summed E-state index contributed by atoms with van der Waals surface area (Å²) in [6.45, 7) is 2.24. The number of hydrogen-bond donors (Lipinski definition) is 1. The van der Waals surface area contributed by atoms with Gasteiger partial charge in [0.2, 0.25) is 0 Å². The van der Waals surface area contributed by atoms with Gasteiger partial charge in [-0.2, -0.15) is 9.78 Å². The Balaban J connectivity index is 1.89. The molecule has 0 spiro atoms. The highest BCUT2D eigenvalue weighted by Crippen LogP contribution is 2.15. The molecule has 0 aliphatic carbocycles. The van der Waals surface area contributed by atoms with Crippen LogP contribution in [0.25, 0.3) is 5.69 Å². The van der Waals surface area contributed by atoms with E-state index in [2.05, 4.69) is 10.4 Å². The van der Waals surface area contributed by atoms with E-state index < -0.39 is 5.91 Å². The maximum Gasteiger partial charge on any atom is 0.275 e. The number of amides is 1. The lowest BCUT2D eigenvalue weighted by atomic mass is 10.2. The van der Waals surface area contributed by atoms with Crippen LogP contribution in [0.5, 0.6) is 5.75 Å². The number of aryl methyl sites for hydroxylation is 1. The second kappa shape index (κ2) is 8.05. The van der Waals surface area contributed by atoms with Crippen LogP contribution in [0.1, 0.15) is 21.6 Å². The molecule has 7 heteroatoms. The Kier molecular flexibility index (Phi) is 5.57. The SMILES string of the molecule is COc1cc(=O)n(-c2ccc(C)cc2)nc1C(=O)NCc1ccc(Cl)cc1. The van der Waals surface area contributed by atoms with Gasteiger partial charge in [-0.15, -0.1) is 0 Å². The van der Waals surface area contributed by atoms with Crippen LogP contribution in [0, 0.1) is 6.92 Å². The fraction of sp³-hybridized carbons (Fsp3) is 0.150. The molecular weight excluding hydrogens is 366 g/mol. The molecule has 138 valence electrons. The van der Waals surface area contributed by atoms with Gasteiger partial charge in [0.25, 0.3) is 11.5 Å². The van der Waals surface area contributed by atoms with E-state index in [0.29, 0.717) is 17.3 Å². The standard InChI is InChI=1S/C20H18ClN3O3/c1-13-3-9-16(10-4-13)24-18(25)11-17(27-2)19(23-24)20(26)22-12-14-5-7-15(21)8-6-14/h3-11H,12H2,1-2H3,(H,22,26). The number of rotatable bonds is 5. The third-order valence-electron chi connectivity index (χ3n) is 3.98. The first-order valence-corrected chi connectivity index (χ1v) is 8.64. The van der Waals surface area contributed by atoms with Crippen molar-refractivity contribution >= 4 is 17.5 Å². The lowest BCUT2D eigenvalue weighted by Crippen LogP contribution is -2.29. The molecule has 6 nitrogen and oxygen atoms in total. The topological polar surface area (TPSA) is 73.2 Å². The number of ether oxygens (including phenoxy) is 1. The van der Waals surface area contributed by atoms with Crippen LogP contribution in [0.15, 0.2) is 59.4 Å². The van der Waals surface area contributed by atoms with Gasteiger partial charge in [0.05, 0.1) is 18.9 Å². The highest BCUT2D eigenvalue weighted by atomic mass is 35.5. The highest BCUT2D eigenvalue weighted by molar-refractivity contribution is 6.30. The van der Waals surface area contributed by atoms with Crippen LogP contribution in [0.2, 0.25) is 5.02 Å². The van der Waals surface area contributed by atoms with Crippen LogP contribution in [-0.4, -0.2) is 22.8 Å². The van der Waals surface area contributed by atoms with E-state index in [-0.39, 0.29) is 17.0 Å². The maximum atomic E-state index is 12.6. The number of carbonyl (C=O) groups is 1. The first kappa shape index (κ1) is 18.7. The molecule has 3 rings (SSSR count). The second-order valence-corrected chi connectivity index (χ2v) is 6.39. The fourth-order valence-corrected chi connectivity index (χ4v) is 2.62. The lowest BCUT2D eigenvalue weighted by molar-refractivity contribution is 0.0940. The van der Waals surface area contributed by atoms with Crippen molar-refractivity contribution in [3.63, 3.8) is 0 Å². The summed E-state index contributed by atoms with van der Waals surface area (Å²) in [5.41, 5.74) is 2.16. The van der Waals surface area contributed by atoms with E-state index in [9.17, 15) is 9.59 Å². The summed E-state index contributed by atoms with van der Waals surface area (Å²) in [6, 6.07) is 15.7. The van der Waals surface area contributed by atoms with Crippen LogP contribution in [0.4, 0.5) is 0 Å². The van der Waals surface area contributed by atoms with E-state index >= 15 is 0 Å². The fourth-order valence-electron chi connectivity index (χ4n) is 2.49. The Bertz CT molecular complexity index is 1010. The van der Waals surface area contributed by atoms with Crippen LogP contribution < -0.4 is 15.6 Å². The van der Waals surface area contributed by atoms with Gasteiger partial charge in [0.1, 0.15) is 0 Å². The zero-order chi connectivity index (χ0) is 19.4. The van der Waals surface area contributed by atoms with Gasteiger partial charge in [0.15, 0.2) is 11.4 Å². The minimum absolute atomic E-state index is 0.0339. The molecule has 0 unspecified atom stereocenters. The normalized spacial score (nSPS) is 10.5. The summed E-state index contributed by atoms with van der Waals surface area (Å²) in [6.07, 6.45) is 0. The molecule has 0 aliphatic heterocycles. The van der Waals surface area contributed by atoms with Gasteiger partial charge in [0, 0.05) is 11.6 Å². The number of aromatic nitrogens is 2. The van der Waals surface area contributed by atoms with Gasteiger partial charge in [-0.25, -0.2) is 0 Å². The molecule has 1 heterocycles. The number of methoxy groups -OCH3 is 1. The molecule has 0 saturated heterocycles. The Labute approximate surface area is 161 Å². The predicted molar refractivity (Wildman–Crippen MR) is 104 cm³/mol. The van der Waals surface area contributed by atoms with E-state index in [1.165, 1.54) is 17.9 Å². The monoisotopic (exact) mass is 383 g/mol. The molecule has 0 radical (unpaired) electrons. The summed E-state index contributed by atoms with van der Waals surface area (Å²) in [4.78, 5) is 25.0. The average Bonchev–Trinajstić information content (AvgIpc) is 2.68. The first-order valence-electron chi connectivity index (χ1n) is 8.26. The molecular formula is C20H18ClN3O3. The summed E-state index contributed by atoms with van der Waals surface area (Å²) in [5.74, 6) is -0.320. The maximum absolute atomic E-state index is 12.6. The third kappa shape index (κ3) is 4.35. The Hall–Kier alpha value is -3.12. The van der Waals surface area contributed by atoms with E-state index in [0.717, 1.165) is 11.1 Å². The van der Waals surface area contributed by atoms with Crippen molar-refractivity contribution in [2.24, 2.45) is 0 Å². The number of carbonyl (C=O) groups excluding carboxylic acids is 1. The zero-order valence-electron chi connectivity index (χ0n) is 14.9. The Morgan fingerprint density at radius 2 is 1.81 bits per heavy atom. The van der Waals surface area contributed by atoms with Crippen molar-refractivity contribution in [2.75, 3.05) is 7.11 Å². The molecule has 0 saturated carbocycles. The predicted octanol–water partition coefficient (Wildman–Crippen LogP) is 3.13. The molecule has 1 aromatic heterocycles. The molecule has 0 aliphatic rings. The lowest BCUT2D eigenvalue weighted by Gasteiger charge is -2.11. The van der Waals surface area contributed by atoms with Gasteiger partial charge in [-0.3, -0.25) is 9.59 Å². The van der Waals surface area contributed by atoms with Crippen LogP contribution in [0.3, 0.4) is 0 Å². The summed E-state index contributed by atoms with van der Waals surface area (Å²) < 4.78 is 6.35. The Morgan fingerprint density at radius 3 is 2.44 bits per heavy atom. The highest BCUT2D eigenvalue weighted by Gasteiger charge is 2.18. The van der Waals surface area contributed by atoms with Gasteiger partial charge < -0.3 is 10.1 Å². The van der Waals surface area contributed by atoms with Gasteiger partial charge >= 0.3 is 0 Å². The van der Waals surface area contributed by atoms with Crippen molar-refractivity contribution in [3.05, 3.63) is 86.8 Å². The molecule has 3 aromatic rings. The molecule has 0 fully saturated rings. The van der Waals surface area contributed by atoms with E-state index in [1.807, 2.05) is 31.2 Å². The summed E-state index contributed by atoms with van der Waals surface area (Å²) >= 11 is 5.86. The van der Waals surface area contributed by atoms with Gasteiger partial charge in [-0.1, -0.05) is 41.4 Å². The minimum Gasteiger partial charge on any atom is -0.494 e. The number of halogens is 1. The molecule has 0 atom stereocenters. The van der Waals surface area contributed by atoms with Crippen molar-refractivity contribution in [2.45, 2.75) is 13.5 Å². The number of nitrogens with zero attached hydrogens (tertiary/aromatic N) is 2. The number of benzene rings is 2. The number of hydrogen-bond acceptors (Lipinski definition) is 4. The minimum atomic E-state index is -0.442. The average molecular weight is 384 g/mol. The first-order chi connectivity index (χ1) is 13.0. The molecule has 0 bridgehead atoms. The quantitative estimate of drug-likeness (QED) is 0.734.